The number of pyridine rings is 1. The van der Waals surface area contributed by atoms with Gasteiger partial charge in [-0.1, -0.05) is 6.07 Å². The Morgan fingerprint density at radius 2 is 1.79 bits per heavy atom. The largest absolute Gasteiger partial charge is 0.343 e. The standard InChI is InChI=1S/C18H26N4O2/c1-15(23)21-7-4-17(5-8-21)18(24)22-11-9-20(10-12-22)14-16-3-2-6-19-13-16/h2-3,6,13,17H,4-5,7-12,14H2,1H3. The van der Waals surface area contributed by atoms with Crippen LogP contribution in [0.5, 0.6) is 0 Å². The highest BCUT2D eigenvalue weighted by Crippen LogP contribution is 2.21. The van der Waals surface area contributed by atoms with Gasteiger partial charge in [-0.05, 0) is 24.5 Å². The zero-order valence-electron chi connectivity index (χ0n) is 14.4. The molecule has 3 heterocycles. The third kappa shape index (κ3) is 4.12. The third-order valence-corrected chi connectivity index (χ3v) is 5.10. The number of hydrogen-bond donors (Lipinski definition) is 0. The van der Waals surface area contributed by atoms with Gasteiger partial charge in [0.1, 0.15) is 0 Å². The van der Waals surface area contributed by atoms with Crippen LogP contribution >= 0.6 is 0 Å². The molecule has 0 atom stereocenters. The van der Waals surface area contributed by atoms with Gasteiger partial charge in [0.25, 0.3) is 0 Å². The molecule has 24 heavy (non-hydrogen) atoms. The molecule has 2 fully saturated rings. The smallest absolute Gasteiger partial charge is 0.225 e. The molecule has 130 valence electrons. The van der Waals surface area contributed by atoms with Crippen LogP contribution in [-0.4, -0.2) is 70.8 Å². The van der Waals surface area contributed by atoms with E-state index in [-0.39, 0.29) is 17.7 Å². The third-order valence-electron chi connectivity index (χ3n) is 5.10. The predicted octanol–water partition coefficient (Wildman–Crippen LogP) is 0.984. The van der Waals surface area contributed by atoms with E-state index < -0.39 is 0 Å². The Labute approximate surface area is 143 Å². The second kappa shape index (κ2) is 7.75. The van der Waals surface area contributed by atoms with Gasteiger partial charge in [0.05, 0.1) is 0 Å². The van der Waals surface area contributed by atoms with Gasteiger partial charge in [-0.25, -0.2) is 0 Å². The van der Waals surface area contributed by atoms with Crippen molar-refractivity contribution in [3.8, 4) is 0 Å². The Balaban J connectivity index is 1.45. The maximum absolute atomic E-state index is 12.7. The van der Waals surface area contributed by atoms with Crippen molar-refractivity contribution in [2.45, 2.75) is 26.3 Å². The van der Waals surface area contributed by atoms with Gasteiger partial charge >= 0.3 is 0 Å². The van der Waals surface area contributed by atoms with E-state index in [0.717, 1.165) is 45.6 Å². The number of piperazine rings is 1. The summed E-state index contributed by atoms with van der Waals surface area (Å²) in [6.45, 7) is 7.34. The van der Waals surface area contributed by atoms with Crippen LogP contribution in [0.25, 0.3) is 0 Å². The van der Waals surface area contributed by atoms with Crippen LogP contribution in [0, 0.1) is 5.92 Å². The maximum Gasteiger partial charge on any atom is 0.225 e. The highest BCUT2D eigenvalue weighted by atomic mass is 16.2. The highest BCUT2D eigenvalue weighted by molar-refractivity contribution is 5.79. The zero-order valence-corrected chi connectivity index (χ0v) is 14.4. The summed E-state index contributed by atoms with van der Waals surface area (Å²) in [5, 5.41) is 0. The fourth-order valence-electron chi connectivity index (χ4n) is 3.58. The van der Waals surface area contributed by atoms with Crippen LogP contribution in [0.4, 0.5) is 0 Å². The number of nitrogens with zero attached hydrogens (tertiary/aromatic N) is 4. The molecule has 0 radical (unpaired) electrons. The van der Waals surface area contributed by atoms with E-state index >= 15 is 0 Å². The molecular formula is C18H26N4O2. The Kier molecular flexibility index (Phi) is 5.45. The molecule has 0 N–H and O–H groups in total. The molecule has 6 heteroatoms. The minimum Gasteiger partial charge on any atom is -0.343 e. The van der Waals surface area contributed by atoms with E-state index in [1.807, 2.05) is 22.1 Å². The van der Waals surface area contributed by atoms with Crippen molar-refractivity contribution >= 4 is 11.8 Å². The fraction of sp³-hybridized carbons (Fsp3) is 0.611. The molecule has 6 nitrogen and oxygen atoms in total. The Hall–Kier alpha value is -1.95. The Bertz CT molecular complexity index is 562. The van der Waals surface area contributed by atoms with E-state index in [1.54, 1.807) is 13.1 Å². The Morgan fingerprint density at radius 1 is 1.08 bits per heavy atom. The summed E-state index contributed by atoms with van der Waals surface area (Å²) in [5.74, 6) is 0.481. The van der Waals surface area contributed by atoms with Crippen molar-refractivity contribution in [1.82, 2.24) is 19.7 Å². The molecule has 1 aromatic heterocycles. The molecule has 0 aromatic carbocycles. The fourth-order valence-corrected chi connectivity index (χ4v) is 3.58. The van der Waals surface area contributed by atoms with Crippen molar-refractivity contribution in [1.29, 1.82) is 0 Å². The summed E-state index contributed by atoms with van der Waals surface area (Å²) < 4.78 is 0. The number of carbonyl (C=O) groups excluding carboxylic acids is 2. The molecular weight excluding hydrogens is 304 g/mol. The van der Waals surface area contributed by atoms with Crippen molar-refractivity contribution in [2.24, 2.45) is 5.92 Å². The van der Waals surface area contributed by atoms with Gasteiger partial charge in [0, 0.05) is 71.0 Å². The first kappa shape index (κ1) is 16.9. The highest BCUT2D eigenvalue weighted by Gasteiger charge is 2.30. The SMILES string of the molecule is CC(=O)N1CCC(C(=O)N2CCN(Cc3cccnc3)CC2)CC1. The molecule has 0 bridgehead atoms. The first-order valence-electron chi connectivity index (χ1n) is 8.79. The van der Waals surface area contributed by atoms with Crippen LogP contribution in [0.1, 0.15) is 25.3 Å². The monoisotopic (exact) mass is 330 g/mol. The number of likely N-dealkylation sites (tertiary alicyclic amines) is 1. The summed E-state index contributed by atoms with van der Waals surface area (Å²) in [5.41, 5.74) is 1.22. The van der Waals surface area contributed by atoms with Gasteiger partial charge in [0.2, 0.25) is 11.8 Å². The summed E-state index contributed by atoms with van der Waals surface area (Å²) in [7, 11) is 0. The van der Waals surface area contributed by atoms with Gasteiger partial charge < -0.3 is 9.80 Å². The van der Waals surface area contributed by atoms with E-state index in [0.29, 0.717) is 13.1 Å². The van der Waals surface area contributed by atoms with Gasteiger partial charge in [0.15, 0.2) is 0 Å². The molecule has 0 unspecified atom stereocenters. The second-order valence-corrected chi connectivity index (χ2v) is 6.74. The molecule has 2 aliphatic rings. The van der Waals surface area contributed by atoms with Crippen molar-refractivity contribution in [3.05, 3.63) is 30.1 Å². The summed E-state index contributed by atoms with van der Waals surface area (Å²) in [6, 6.07) is 4.05. The van der Waals surface area contributed by atoms with Crippen LogP contribution in [0.3, 0.4) is 0 Å². The molecule has 2 aliphatic heterocycles. The quantitative estimate of drug-likeness (QED) is 0.829. The maximum atomic E-state index is 12.7. The summed E-state index contributed by atoms with van der Waals surface area (Å²) >= 11 is 0. The number of carbonyl (C=O) groups is 2. The van der Waals surface area contributed by atoms with Gasteiger partial charge in [-0.2, -0.15) is 0 Å². The van der Waals surface area contributed by atoms with Crippen LogP contribution < -0.4 is 0 Å². The predicted molar refractivity (Wildman–Crippen MR) is 91.1 cm³/mol. The molecule has 2 saturated heterocycles. The topological polar surface area (TPSA) is 56.8 Å². The molecule has 0 spiro atoms. The zero-order chi connectivity index (χ0) is 16.9. The average Bonchev–Trinajstić information content (AvgIpc) is 2.63. The molecule has 1 aromatic rings. The molecule has 0 aliphatic carbocycles. The van der Waals surface area contributed by atoms with Crippen molar-refractivity contribution in [2.75, 3.05) is 39.3 Å². The number of aromatic nitrogens is 1. The normalized spacial score (nSPS) is 20.2. The minimum absolute atomic E-state index is 0.0884. The van der Waals surface area contributed by atoms with Crippen LogP contribution in [-0.2, 0) is 16.1 Å². The van der Waals surface area contributed by atoms with E-state index in [1.165, 1.54) is 5.56 Å². The molecule has 2 amide bonds. The first-order chi connectivity index (χ1) is 11.6. The number of amides is 2. The molecule has 0 saturated carbocycles. The number of rotatable bonds is 3. The van der Waals surface area contributed by atoms with E-state index in [2.05, 4.69) is 16.0 Å². The average molecular weight is 330 g/mol. The molecule has 3 rings (SSSR count). The number of piperidine rings is 1. The van der Waals surface area contributed by atoms with E-state index in [9.17, 15) is 9.59 Å². The lowest BCUT2D eigenvalue weighted by Crippen LogP contribution is -2.51. The van der Waals surface area contributed by atoms with Crippen molar-refractivity contribution < 1.29 is 9.59 Å². The first-order valence-corrected chi connectivity index (χ1v) is 8.79. The van der Waals surface area contributed by atoms with Crippen LogP contribution in [0.15, 0.2) is 24.5 Å². The lowest BCUT2D eigenvalue weighted by atomic mass is 9.95. The Morgan fingerprint density at radius 3 is 2.38 bits per heavy atom. The van der Waals surface area contributed by atoms with Gasteiger partial charge in [-0.3, -0.25) is 19.5 Å². The van der Waals surface area contributed by atoms with Crippen molar-refractivity contribution in [3.63, 3.8) is 0 Å². The summed E-state index contributed by atoms with van der Waals surface area (Å²) in [4.78, 5) is 34.5. The minimum atomic E-state index is 0.0884. The summed E-state index contributed by atoms with van der Waals surface area (Å²) in [6.07, 6.45) is 5.29. The van der Waals surface area contributed by atoms with E-state index in [4.69, 9.17) is 0 Å². The second-order valence-electron chi connectivity index (χ2n) is 6.74. The van der Waals surface area contributed by atoms with Crippen LogP contribution in [0.2, 0.25) is 0 Å². The van der Waals surface area contributed by atoms with Gasteiger partial charge in [-0.15, -0.1) is 0 Å². The number of hydrogen-bond acceptors (Lipinski definition) is 4. The lowest BCUT2D eigenvalue weighted by molar-refractivity contribution is -0.141. The lowest BCUT2D eigenvalue weighted by Gasteiger charge is -2.38.